The standard InChI is InChI=1S/C14H11FN4O2/c15-7-1-3-9(10(16)5-7)13(20)17-8-2-4-11-12(6-8)19-14(21)18-11/h1-6H,16H2,(H,17,20)(H2,18,19,21). The maximum absolute atomic E-state index is 13.0. The molecule has 0 aliphatic heterocycles. The predicted octanol–water partition coefficient (Wildman–Crippen LogP) is 1.83. The highest BCUT2D eigenvalue weighted by Crippen LogP contribution is 2.18. The molecule has 5 N–H and O–H groups in total. The van der Waals surface area contributed by atoms with Crippen LogP contribution in [0.15, 0.2) is 41.2 Å². The van der Waals surface area contributed by atoms with Crippen LogP contribution in [-0.2, 0) is 0 Å². The van der Waals surface area contributed by atoms with Gasteiger partial charge in [0.05, 0.1) is 16.6 Å². The summed E-state index contributed by atoms with van der Waals surface area (Å²) in [6.45, 7) is 0. The molecule has 0 unspecified atom stereocenters. The van der Waals surface area contributed by atoms with Crippen LogP contribution in [0.3, 0.4) is 0 Å². The van der Waals surface area contributed by atoms with E-state index in [2.05, 4.69) is 15.3 Å². The van der Waals surface area contributed by atoms with Crippen molar-refractivity contribution in [2.24, 2.45) is 0 Å². The average molecular weight is 286 g/mol. The van der Waals surface area contributed by atoms with Gasteiger partial charge in [-0.1, -0.05) is 0 Å². The normalized spacial score (nSPS) is 10.7. The number of hydrogen-bond acceptors (Lipinski definition) is 3. The molecule has 1 aromatic heterocycles. The third kappa shape index (κ3) is 2.48. The summed E-state index contributed by atoms with van der Waals surface area (Å²) in [4.78, 5) is 28.5. The maximum atomic E-state index is 13.0. The lowest BCUT2D eigenvalue weighted by Gasteiger charge is -2.07. The van der Waals surface area contributed by atoms with Crippen molar-refractivity contribution in [2.75, 3.05) is 11.1 Å². The fourth-order valence-electron chi connectivity index (χ4n) is 2.05. The van der Waals surface area contributed by atoms with Crippen molar-refractivity contribution in [3.8, 4) is 0 Å². The van der Waals surface area contributed by atoms with Gasteiger partial charge in [-0.3, -0.25) is 4.79 Å². The van der Waals surface area contributed by atoms with Crippen LogP contribution in [0.4, 0.5) is 15.8 Å². The van der Waals surface area contributed by atoms with E-state index in [-0.39, 0.29) is 16.9 Å². The molecule has 1 heterocycles. The highest BCUT2D eigenvalue weighted by molar-refractivity contribution is 6.08. The molecule has 106 valence electrons. The number of imidazole rings is 1. The Morgan fingerprint density at radius 3 is 2.62 bits per heavy atom. The summed E-state index contributed by atoms with van der Waals surface area (Å²) in [7, 11) is 0. The van der Waals surface area contributed by atoms with Crippen molar-refractivity contribution in [1.29, 1.82) is 0 Å². The molecule has 3 rings (SSSR count). The zero-order valence-electron chi connectivity index (χ0n) is 10.7. The number of fused-ring (bicyclic) bond motifs is 1. The zero-order chi connectivity index (χ0) is 15.0. The van der Waals surface area contributed by atoms with Gasteiger partial charge < -0.3 is 21.0 Å². The van der Waals surface area contributed by atoms with Gasteiger partial charge in [0.2, 0.25) is 0 Å². The summed E-state index contributed by atoms with van der Waals surface area (Å²) < 4.78 is 13.0. The van der Waals surface area contributed by atoms with E-state index in [0.717, 1.165) is 12.1 Å². The summed E-state index contributed by atoms with van der Waals surface area (Å²) in [6.07, 6.45) is 0. The Labute approximate surface area is 117 Å². The van der Waals surface area contributed by atoms with Crippen LogP contribution in [0, 0.1) is 5.82 Å². The predicted molar refractivity (Wildman–Crippen MR) is 77.7 cm³/mol. The SMILES string of the molecule is Nc1cc(F)ccc1C(=O)Nc1ccc2[nH]c(=O)[nH]c2c1. The van der Waals surface area contributed by atoms with Crippen LogP contribution in [0.25, 0.3) is 11.0 Å². The summed E-state index contributed by atoms with van der Waals surface area (Å²) >= 11 is 0. The molecule has 0 radical (unpaired) electrons. The number of carbonyl (C=O) groups excluding carboxylic acids is 1. The fraction of sp³-hybridized carbons (Fsp3) is 0. The third-order valence-corrected chi connectivity index (χ3v) is 3.03. The number of H-pyrrole nitrogens is 2. The van der Waals surface area contributed by atoms with Crippen LogP contribution < -0.4 is 16.7 Å². The fourth-order valence-corrected chi connectivity index (χ4v) is 2.05. The largest absolute Gasteiger partial charge is 0.398 e. The molecule has 3 aromatic rings. The van der Waals surface area contributed by atoms with E-state index in [9.17, 15) is 14.0 Å². The Morgan fingerprint density at radius 1 is 1.10 bits per heavy atom. The molecular weight excluding hydrogens is 275 g/mol. The number of rotatable bonds is 2. The van der Waals surface area contributed by atoms with Crippen molar-refractivity contribution in [2.45, 2.75) is 0 Å². The first-order valence-corrected chi connectivity index (χ1v) is 6.11. The molecule has 0 fully saturated rings. The minimum atomic E-state index is -0.504. The van der Waals surface area contributed by atoms with Crippen LogP contribution >= 0.6 is 0 Å². The van der Waals surface area contributed by atoms with Gasteiger partial charge in [-0.2, -0.15) is 0 Å². The average Bonchev–Trinajstić information content (AvgIpc) is 2.77. The van der Waals surface area contributed by atoms with Crippen molar-refractivity contribution in [3.63, 3.8) is 0 Å². The molecule has 0 aliphatic rings. The van der Waals surface area contributed by atoms with Crippen LogP contribution in [-0.4, -0.2) is 15.9 Å². The second-order valence-electron chi connectivity index (χ2n) is 4.53. The number of nitrogens with two attached hydrogens (primary N) is 1. The molecule has 0 spiro atoms. The van der Waals surface area contributed by atoms with Gasteiger partial charge in [0.1, 0.15) is 5.82 Å². The minimum Gasteiger partial charge on any atom is -0.398 e. The van der Waals surface area contributed by atoms with Gasteiger partial charge in [-0.25, -0.2) is 9.18 Å². The highest BCUT2D eigenvalue weighted by atomic mass is 19.1. The molecule has 0 bridgehead atoms. The lowest BCUT2D eigenvalue weighted by atomic mass is 10.1. The number of benzene rings is 2. The Morgan fingerprint density at radius 2 is 1.86 bits per heavy atom. The van der Waals surface area contributed by atoms with E-state index in [4.69, 9.17) is 5.73 Å². The summed E-state index contributed by atoms with van der Waals surface area (Å²) in [5.74, 6) is -0.958. The lowest BCUT2D eigenvalue weighted by molar-refractivity contribution is 0.102. The third-order valence-electron chi connectivity index (χ3n) is 3.03. The molecule has 0 aliphatic carbocycles. The van der Waals surface area contributed by atoms with Gasteiger partial charge in [0.25, 0.3) is 5.91 Å². The maximum Gasteiger partial charge on any atom is 0.323 e. The number of halogens is 1. The van der Waals surface area contributed by atoms with Crippen LogP contribution in [0.1, 0.15) is 10.4 Å². The molecule has 6 nitrogen and oxygen atoms in total. The van der Waals surface area contributed by atoms with Gasteiger partial charge in [0.15, 0.2) is 0 Å². The van der Waals surface area contributed by atoms with E-state index in [1.807, 2.05) is 0 Å². The van der Waals surface area contributed by atoms with E-state index < -0.39 is 11.7 Å². The van der Waals surface area contributed by atoms with E-state index in [1.165, 1.54) is 6.07 Å². The van der Waals surface area contributed by atoms with Crippen molar-refractivity contribution in [1.82, 2.24) is 9.97 Å². The lowest BCUT2D eigenvalue weighted by Crippen LogP contribution is -2.14. The number of aromatic nitrogens is 2. The van der Waals surface area contributed by atoms with E-state index in [0.29, 0.717) is 16.7 Å². The van der Waals surface area contributed by atoms with Crippen LogP contribution in [0.5, 0.6) is 0 Å². The first kappa shape index (κ1) is 12.9. The second kappa shape index (κ2) is 4.78. The number of nitrogens with one attached hydrogen (secondary N) is 3. The summed E-state index contributed by atoms with van der Waals surface area (Å²) in [6, 6.07) is 8.49. The van der Waals surface area contributed by atoms with Crippen molar-refractivity contribution in [3.05, 3.63) is 58.3 Å². The first-order chi connectivity index (χ1) is 10.0. The Kier molecular flexibility index (Phi) is 2.94. The summed E-state index contributed by atoms with van der Waals surface area (Å²) in [5, 5.41) is 2.64. The molecule has 7 heteroatoms. The number of amides is 1. The monoisotopic (exact) mass is 286 g/mol. The van der Waals surface area contributed by atoms with Crippen molar-refractivity contribution >= 4 is 28.3 Å². The quantitative estimate of drug-likeness (QED) is 0.540. The van der Waals surface area contributed by atoms with Gasteiger partial charge in [-0.15, -0.1) is 0 Å². The molecule has 1 amide bonds. The number of aromatic amines is 2. The van der Waals surface area contributed by atoms with Gasteiger partial charge >= 0.3 is 5.69 Å². The number of anilines is 2. The Balaban J connectivity index is 1.90. The van der Waals surface area contributed by atoms with E-state index >= 15 is 0 Å². The summed E-state index contributed by atoms with van der Waals surface area (Å²) in [5.41, 5.74) is 7.24. The number of hydrogen-bond donors (Lipinski definition) is 4. The Hall–Kier alpha value is -3.09. The smallest absolute Gasteiger partial charge is 0.323 e. The second-order valence-corrected chi connectivity index (χ2v) is 4.53. The van der Waals surface area contributed by atoms with Gasteiger partial charge in [0, 0.05) is 11.4 Å². The van der Waals surface area contributed by atoms with Gasteiger partial charge in [-0.05, 0) is 36.4 Å². The Bertz CT molecular complexity index is 897. The molecular formula is C14H11FN4O2. The number of nitrogen functional groups attached to an aromatic ring is 1. The topological polar surface area (TPSA) is 104 Å². The van der Waals surface area contributed by atoms with Crippen molar-refractivity contribution < 1.29 is 9.18 Å². The highest BCUT2D eigenvalue weighted by Gasteiger charge is 2.11. The molecule has 0 saturated heterocycles. The van der Waals surface area contributed by atoms with E-state index in [1.54, 1.807) is 18.2 Å². The molecule has 0 atom stereocenters. The molecule has 0 saturated carbocycles. The minimum absolute atomic E-state index is 0.0589. The zero-order valence-corrected chi connectivity index (χ0v) is 10.7. The molecule has 2 aromatic carbocycles. The number of carbonyl (C=O) groups is 1. The molecule has 21 heavy (non-hydrogen) atoms. The van der Waals surface area contributed by atoms with Crippen LogP contribution in [0.2, 0.25) is 0 Å². The first-order valence-electron chi connectivity index (χ1n) is 6.11.